The normalized spacial score (nSPS) is 19.2. The molecule has 31 heavy (non-hydrogen) atoms. The van der Waals surface area contributed by atoms with Crippen LogP contribution in [0.3, 0.4) is 0 Å². The third kappa shape index (κ3) is 5.75. The summed E-state index contributed by atoms with van der Waals surface area (Å²) in [4.78, 5) is 23.6. The van der Waals surface area contributed by atoms with Gasteiger partial charge in [-0.2, -0.15) is 10.2 Å². The third-order valence-corrected chi connectivity index (χ3v) is 7.00. The van der Waals surface area contributed by atoms with Gasteiger partial charge in [0, 0.05) is 25.6 Å². The molecule has 2 fully saturated rings. The van der Waals surface area contributed by atoms with Crippen LogP contribution in [-0.2, 0) is 35.8 Å². The van der Waals surface area contributed by atoms with E-state index in [0.29, 0.717) is 18.4 Å². The number of carboxylic acids is 1. The number of hydrogen-bond acceptors (Lipinski definition) is 5. The Kier molecular flexibility index (Phi) is 7.12. The molecule has 2 aliphatic heterocycles. The second-order valence-electron chi connectivity index (χ2n) is 8.15. The van der Waals surface area contributed by atoms with Gasteiger partial charge in [0.1, 0.15) is 0 Å². The molecule has 0 aromatic carbocycles. The number of carboxylic acid groups (broad SMARTS) is 1. The fourth-order valence-electron chi connectivity index (χ4n) is 3.47. The van der Waals surface area contributed by atoms with Crippen molar-refractivity contribution in [3.63, 3.8) is 0 Å². The number of nitrogens with zero attached hydrogens (tertiary/aromatic N) is 5. The van der Waals surface area contributed by atoms with Crippen LogP contribution in [0.15, 0.2) is 21.3 Å². The smallest absolute Gasteiger partial charge is 0.306 e. The molecule has 2 saturated carbocycles. The molecular formula is C20H26Br2N6O3. The van der Waals surface area contributed by atoms with Crippen molar-refractivity contribution >= 4 is 43.7 Å². The summed E-state index contributed by atoms with van der Waals surface area (Å²) in [6.07, 6.45) is 7.61. The zero-order valence-corrected chi connectivity index (χ0v) is 20.3. The summed E-state index contributed by atoms with van der Waals surface area (Å²) in [7, 11) is 0. The summed E-state index contributed by atoms with van der Waals surface area (Å²) in [6.45, 7) is 5.27. The van der Waals surface area contributed by atoms with Gasteiger partial charge in [0.2, 0.25) is 5.91 Å². The van der Waals surface area contributed by atoms with Gasteiger partial charge < -0.3 is 15.3 Å². The standard InChI is InChI=1S/C10H12BrN3O.C6H8BrN3.C4H6O2/c11-8-5-12-14-4-3-13(6-9(8)14)10(15)7-1-2-7;7-5-3-9-10-2-1-8-4-6(5)10;5-4(6)3-1-2-3/h5,7H,1-4,6H2;3,8H,1-2,4H2;3H,1-2H2,(H,5,6). The number of nitrogens with one attached hydrogen (secondary N) is 1. The largest absolute Gasteiger partial charge is 0.481 e. The molecular weight excluding hydrogens is 532 g/mol. The lowest BCUT2D eigenvalue weighted by Crippen LogP contribution is -2.39. The summed E-state index contributed by atoms with van der Waals surface area (Å²) in [6, 6.07) is 0. The predicted octanol–water partition coefficient (Wildman–Crippen LogP) is 2.63. The minimum absolute atomic E-state index is 0.0185. The van der Waals surface area contributed by atoms with Crippen molar-refractivity contribution < 1.29 is 14.7 Å². The van der Waals surface area contributed by atoms with Crippen molar-refractivity contribution in [3.8, 4) is 0 Å². The summed E-state index contributed by atoms with van der Waals surface area (Å²) in [5.41, 5.74) is 2.38. The van der Waals surface area contributed by atoms with Crippen LogP contribution < -0.4 is 5.32 Å². The van der Waals surface area contributed by atoms with Crippen LogP contribution in [0.25, 0.3) is 0 Å². The van der Waals surface area contributed by atoms with Gasteiger partial charge in [-0.1, -0.05) is 0 Å². The Morgan fingerprint density at radius 3 is 2.10 bits per heavy atom. The third-order valence-electron chi connectivity index (χ3n) is 5.68. The molecule has 11 heteroatoms. The Labute approximate surface area is 197 Å². The first-order valence-corrected chi connectivity index (χ1v) is 12.1. The van der Waals surface area contributed by atoms with Crippen LogP contribution in [0, 0.1) is 11.8 Å². The highest BCUT2D eigenvalue weighted by Gasteiger charge is 2.35. The minimum Gasteiger partial charge on any atom is -0.481 e. The van der Waals surface area contributed by atoms with Crippen LogP contribution in [0.2, 0.25) is 0 Å². The van der Waals surface area contributed by atoms with E-state index in [0.717, 1.165) is 73.0 Å². The SMILES string of the molecule is Brc1cnn2c1CNCC2.O=C(C1CC1)N1CCn2ncc(Br)c2C1.O=C(O)C1CC1. The predicted molar refractivity (Wildman–Crippen MR) is 120 cm³/mol. The highest BCUT2D eigenvalue weighted by Crippen LogP contribution is 2.32. The number of aliphatic carboxylic acids is 1. The maximum Gasteiger partial charge on any atom is 0.306 e. The van der Waals surface area contributed by atoms with E-state index in [1.165, 1.54) is 5.69 Å². The molecule has 0 spiro atoms. The lowest BCUT2D eigenvalue weighted by Gasteiger charge is -2.28. The lowest BCUT2D eigenvalue weighted by molar-refractivity contribution is -0.138. The van der Waals surface area contributed by atoms with Crippen molar-refractivity contribution in [1.29, 1.82) is 0 Å². The molecule has 0 unspecified atom stereocenters. The highest BCUT2D eigenvalue weighted by atomic mass is 79.9. The second-order valence-corrected chi connectivity index (χ2v) is 9.86. The van der Waals surface area contributed by atoms with Crippen molar-refractivity contribution in [3.05, 3.63) is 32.7 Å². The van der Waals surface area contributed by atoms with Gasteiger partial charge >= 0.3 is 5.97 Å². The number of amides is 1. The first-order chi connectivity index (χ1) is 14.9. The Hall–Kier alpha value is -1.72. The van der Waals surface area contributed by atoms with E-state index in [4.69, 9.17) is 5.11 Å². The number of hydrogen-bond donors (Lipinski definition) is 2. The van der Waals surface area contributed by atoms with Gasteiger partial charge in [0.05, 0.1) is 58.3 Å². The molecule has 2 aromatic heterocycles. The molecule has 0 saturated heterocycles. The number of carbonyl (C=O) groups excluding carboxylic acids is 1. The van der Waals surface area contributed by atoms with Gasteiger partial charge in [-0.05, 0) is 57.5 Å². The molecule has 1 amide bonds. The van der Waals surface area contributed by atoms with Crippen LogP contribution in [0.1, 0.15) is 37.1 Å². The molecule has 4 heterocycles. The molecule has 0 radical (unpaired) electrons. The number of aromatic nitrogens is 4. The van der Waals surface area contributed by atoms with Gasteiger partial charge in [0.25, 0.3) is 0 Å². The zero-order valence-electron chi connectivity index (χ0n) is 17.1. The molecule has 2 N–H and O–H groups in total. The van der Waals surface area contributed by atoms with Crippen LogP contribution in [-0.4, -0.2) is 54.5 Å². The Bertz CT molecular complexity index is 951. The highest BCUT2D eigenvalue weighted by molar-refractivity contribution is 9.10. The van der Waals surface area contributed by atoms with Crippen LogP contribution in [0.4, 0.5) is 0 Å². The molecule has 2 aliphatic carbocycles. The van der Waals surface area contributed by atoms with Crippen LogP contribution in [0.5, 0.6) is 0 Å². The summed E-state index contributed by atoms with van der Waals surface area (Å²) < 4.78 is 6.12. The van der Waals surface area contributed by atoms with Crippen molar-refractivity contribution in [2.24, 2.45) is 11.8 Å². The fourth-order valence-corrected chi connectivity index (χ4v) is 4.33. The first-order valence-electron chi connectivity index (χ1n) is 10.6. The molecule has 9 nitrogen and oxygen atoms in total. The number of fused-ring (bicyclic) bond motifs is 2. The molecule has 168 valence electrons. The molecule has 0 atom stereocenters. The molecule has 0 bridgehead atoms. The van der Waals surface area contributed by atoms with Crippen molar-refractivity contribution in [1.82, 2.24) is 29.8 Å². The van der Waals surface area contributed by atoms with Gasteiger partial charge in [0.15, 0.2) is 0 Å². The maximum atomic E-state index is 11.9. The molecule has 6 rings (SSSR count). The Morgan fingerprint density at radius 2 is 1.55 bits per heavy atom. The number of halogens is 2. The van der Waals surface area contributed by atoms with Gasteiger partial charge in [-0.3, -0.25) is 19.0 Å². The minimum atomic E-state index is -0.630. The number of rotatable bonds is 2. The Morgan fingerprint density at radius 1 is 0.935 bits per heavy atom. The summed E-state index contributed by atoms with van der Waals surface area (Å²) in [5.74, 6) is 0.0348. The first kappa shape index (κ1) is 22.5. The van der Waals surface area contributed by atoms with Crippen LogP contribution >= 0.6 is 31.9 Å². The zero-order chi connectivity index (χ0) is 22.0. The van der Waals surface area contributed by atoms with E-state index in [-0.39, 0.29) is 5.92 Å². The van der Waals surface area contributed by atoms with E-state index >= 15 is 0 Å². The second kappa shape index (κ2) is 9.83. The average Bonchev–Trinajstić information content (AvgIpc) is 3.71. The van der Waals surface area contributed by atoms with Crippen molar-refractivity contribution in [2.75, 3.05) is 13.1 Å². The van der Waals surface area contributed by atoms with Gasteiger partial charge in [-0.15, -0.1) is 0 Å². The number of carbonyl (C=O) groups is 2. The lowest BCUT2D eigenvalue weighted by atomic mass is 10.2. The molecule has 4 aliphatic rings. The monoisotopic (exact) mass is 556 g/mol. The van der Waals surface area contributed by atoms with E-state index in [9.17, 15) is 9.59 Å². The maximum absolute atomic E-state index is 11.9. The van der Waals surface area contributed by atoms with E-state index in [2.05, 4.69) is 47.4 Å². The summed E-state index contributed by atoms with van der Waals surface area (Å²) >= 11 is 6.89. The molecule has 2 aromatic rings. The van der Waals surface area contributed by atoms with E-state index in [1.807, 2.05) is 20.5 Å². The average molecular weight is 558 g/mol. The van der Waals surface area contributed by atoms with Crippen molar-refractivity contribution in [2.45, 2.75) is 51.9 Å². The quantitative estimate of drug-likeness (QED) is 0.588. The topological polar surface area (TPSA) is 105 Å². The van der Waals surface area contributed by atoms with E-state index < -0.39 is 5.97 Å². The summed E-state index contributed by atoms with van der Waals surface area (Å²) in [5, 5.41) is 19.8. The van der Waals surface area contributed by atoms with E-state index in [1.54, 1.807) is 6.20 Å². The van der Waals surface area contributed by atoms with Gasteiger partial charge in [-0.25, -0.2) is 0 Å². The fraction of sp³-hybridized carbons (Fsp3) is 0.600. The Balaban J connectivity index is 0.000000124.